The van der Waals surface area contributed by atoms with Crippen LogP contribution >= 0.6 is 39.3 Å². The van der Waals surface area contributed by atoms with Crippen molar-refractivity contribution in [3.8, 4) is 23.0 Å². The Morgan fingerprint density at radius 2 is 1.80 bits per heavy atom. The van der Waals surface area contributed by atoms with Crippen molar-refractivity contribution >= 4 is 62.2 Å². The SMILES string of the molecule is O=C1S/C(=C/c2ccc(Oc3ccc(C(F)(F)F)cc3[N+](=O)[O-])c(Br)c2)C(=O)N1Cc1cc2c(cc1Cl)OCO2. The summed E-state index contributed by atoms with van der Waals surface area (Å²) >= 11 is 10.3. The van der Waals surface area contributed by atoms with E-state index < -0.39 is 39.2 Å². The Balaban J connectivity index is 1.34. The number of hydrogen-bond acceptors (Lipinski definition) is 8. The quantitative estimate of drug-likeness (QED) is 0.150. The molecule has 0 aromatic heterocycles. The van der Waals surface area contributed by atoms with Crippen molar-refractivity contribution < 1.29 is 41.9 Å². The number of nitro benzene ring substituents is 1. The van der Waals surface area contributed by atoms with Crippen LogP contribution in [-0.2, 0) is 17.5 Å². The molecule has 0 radical (unpaired) electrons. The van der Waals surface area contributed by atoms with Crippen LogP contribution in [0.3, 0.4) is 0 Å². The molecule has 206 valence electrons. The summed E-state index contributed by atoms with van der Waals surface area (Å²) in [5, 5.41) is 11.1. The van der Waals surface area contributed by atoms with Gasteiger partial charge in [0.05, 0.1) is 26.4 Å². The van der Waals surface area contributed by atoms with Crippen molar-refractivity contribution in [2.45, 2.75) is 12.7 Å². The number of thioether (sulfide) groups is 1. The number of alkyl halides is 3. The van der Waals surface area contributed by atoms with Gasteiger partial charge < -0.3 is 14.2 Å². The van der Waals surface area contributed by atoms with E-state index in [1.807, 2.05) is 0 Å². The van der Waals surface area contributed by atoms with Crippen molar-refractivity contribution in [2.75, 3.05) is 6.79 Å². The average molecular weight is 658 g/mol. The highest BCUT2D eigenvalue weighted by Gasteiger charge is 2.36. The number of nitro groups is 1. The first-order chi connectivity index (χ1) is 18.9. The maximum atomic E-state index is 13.0. The predicted octanol–water partition coefficient (Wildman–Crippen LogP) is 7.79. The molecule has 2 aliphatic heterocycles. The number of amides is 2. The Bertz CT molecular complexity index is 1620. The van der Waals surface area contributed by atoms with Gasteiger partial charge in [-0.25, -0.2) is 0 Å². The molecule has 2 heterocycles. The number of fused-ring (bicyclic) bond motifs is 1. The van der Waals surface area contributed by atoms with Gasteiger partial charge in [0.1, 0.15) is 5.75 Å². The highest BCUT2D eigenvalue weighted by molar-refractivity contribution is 9.10. The third-order valence-corrected chi connectivity index (χ3v) is 7.58. The molecule has 1 fully saturated rings. The molecule has 1 saturated heterocycles. The van der Waals surface area contributed by atoms with Crippen LogP contribution < -0.4 is 14.2 Å². The summed E-state index contributed by atoms with van der Waals surface area (Å²) in [5.74, 6) is 0.0605. The minimum absolute atomic E-state index is 0.0417. The summed E-state index contributed by atoms with van der Waals surface area (Å²) in [5.41, 5.74) is -1.07. The number of benzene rings is 3. The highest BCUT2D eigenvalue weighted by Crippen LogP contribution is 2.41. The molecule has 3 aromatic carbocycles. The molecule has 40 heavy (non-hydrogen) atoms. The zero-order valence-corrected chi connectivity index (χ0v) is 22.8. The van der Waals surface area contributed by atoms with E-state index >= 15 is 0 Å². The molecule has 0 atom stereocenters. The topological polar surface area (TPSA) is 108 Å². The van der Waals surface area contributed by atoms with Gasteiger partial charge in [0.25, 0.3) is 11.1 Å². The Morgan fingerprint density at radius 3 is 2.48 bits per heavy atom. The van der Waals surface area contributed by atoms with E-state index in [2.05, 4.69) is 15.9 Å². The fourth-order valence-electron chi connectivity index (χ4n) is 3.77. The summed E-state index contributed by atoms with van der Waals surface area (Å²) in [6.45, 7) is -0.0418. The first-order valence-corrected chi connectivity index (χ1v) is 13.1. The largest absolute Gasteiger partial charge is 0.454 e. The Kier molecular flexibility index (Phi) is 7.42. The number of halogens is 5. The second kappa shape index (κ2) is 10.7. The fourth-order valence-corrected chi connectivity index (χ4v) is 5.30. The fraction of sp³-hybridized carbons (Fsp3) is 0.120. The standard InChI is InChI=1S/C25H13BrClF3N2O7S/c26-15-5-12(1-3-18(15)39-19-4-2-14(25(28,29)30)8-17(19)32(35)36)6-22-23(33)31(24(34)40-22)10-13-7-20-21(9-16(13)27)38-11-37-20/h1-9H,10-11H2/b22-6+. The molecular weight excluding hydrogens is 645 g/mol. The van der Waals surface area contributed by atoms with Gasteiger partial charge in [-0.1, -0.05) is 17.7 Å². The van der Waals surface area contributed by atoms with Gasteiger partial charge in [-0.2, -0.15) is 13.2 Å². The summed E-state index contributed by atoms with van der Waals surface area (Å²) in [4.78, 5) is 37.2. The molecule has 15 heteroatoms. The van der Waals surface area contributed by atoms with Gasteiger partial charge in [0, 0.05) is 17.2 Å². The van der Waals surface area contributed by atoms with Crippen LogP contribution in [-0.4, -0.2) is 27.8 Å². The number of hydrogen-bond donors (Lipinski definition) is 0. The summed E-state index contributed by atoms with van der Waals surface area (Å²) in [6.07, 6.45) is -3.29. The van der Waals surface area contributed by atoms with Crippen LogP contribution in [0.2, 0.25) is 5.02 Å². The second-order valence-electron chi connectivity index (χ2n) is 8.29. The molecular formula is C25H13BrClF3N2O7S. The van der Waals surface area contributed by atoms with Crippen molar-refractivity contribution in [3.05, 3.63) is 89.7 Å². The van der Waals surface area contributed by atoms with Crippen molar-refractivity contribution in [3.63, 3.8) is 0 Å². The first kappa shape index (κ1) is 27.8. The van der Waals surface area contributed by atoms with Gasteiger partial charge in [0.2, 0.25) is 12.5 Å². The van der Waals surface area contributed by atoms with E-state index in [-0.39, 0.29) is 24.0 Å². The summed E-state index contributed by atoms with van der Waals surface area (Å²) < 4.78 is 55.3. The first-order valence-electron chi connectivity index (χ1n) is 11.1. The molecule has 5 rings (SSSR count). The molecule has 3 aromatic rings. The lowest BCUT2D eigenvalue weighted by Crippen LogP contribution is -2.27. The van der Waals surface area contributed by atoms with Crippen molar-refractivity contribution in [2.24, 2.45) is 0 Å². The molecule has 0 spiro atoms. The van der Waals surface area contributed by atoms with Crippen molar-refractivity contribution in [1.29, 1.82) is 0 Å². The maximum absolute atomic E-state index is 13.0. The molecule has 2 aliphatic rings. The minimum Gasteiger partial charge on any atom is -0.454 e. The van der Waals surface area contributed by atoms with Crippen molar-refractivity contribution in [1.82, 2.24) is 4.90 Å². The Hall–Kier alpha value is -3.75. The molecule has 0 N–H and O–H groups in total. The monoisotopic (exact) mass is 656 g/mol. The molecule has 0 aliphatic carbocycles. The van der Waals surface area contributed by atoms with Gasteiger partial charge in [0.15, 0.2) is 11.5 Å². The van der Waals surface area contributed by atoms with E-state index in [1.165, 1.54) is 24.3 Å². The molecule has 2 amide bonds. The highest BCUT2D eigenvalue weighted by atomic mass is 79.9. The van der Waals surface area contributed by atoms with Gasteiger partial charge in [-0.05, 0) is 75.2 Å². The number of carbonyl (C=O) groups is 2. The average Bonchev–Trinajstić information content (AvgIpc) is 3.44. The predicted molar refractivity (Wildman–Crippen MR) is 141 cm³/mol. The van der Waals surface area contributed by atoms with E-state index in [1.54, 1.807) is 12.1 Å². The third-order valence-electron chi connectivity index (χ3n) is 5.70. The van der Waals surface area contributed by atoms with Crippen LogP contribution in [0.5, 0.6) is 23.0 Å². The van der Waals surface area contributed by atoms with Crippen LogP contribution in [0, 0.1) is 10.1 Å². The number of ether oxygens (including phenoxy) is 3. The van der Waals surface area contributed by atoms with Crippen LogP contribution in [0.1, 0.15) is 16.7 Å². The van der Waals surface area contributed by atoms with Crippen LogP contribution in [0.25, 0.3) is 6.08 Å². The normalized spacial score (nSPS) is 15.7. The van der Waals surface area contributed by atoms with E-state index in [9.17, 15) is 32.9 Å². The second-order valence-corrected chi connectivity index (χ2v) is 10.5. The molecule has 0 bridgehead atoms. The zero-order chi connectivity index (χ0) is 28.8. The van der Waals surface area contributed by atoms with E-state index in [0.29, 0.717) is 44.3 Å². The maximum Gasteiger partial charge on any atom is 0.416 e. The molecule has 0 unspecified atom stereocenters. The number of carbonyl (C=O) groups excluding carboxylic acids is 2. The zero-order valence-electron chi connectivity index (χ0n) is 19.7. The Morgan fingerprint density at radius 1 is 1.10 bits per heavy atom. The van der Waals surface area contributed by atoms with Gasteiger partial charge in [-0.15, -0.1) is 0 Å². The lowest BCUT2D eigenvalue weighted by atomic mass is 10.1. The Labute approximate surface area is 240 Å². The van der Waals surface area contributed by atoms with E-state index in [4.69, 9.17) is 25.8 Å². The summed E-state index contributed by atoms with van der Waals surface area (Å²) in [6, 6.07) is 9.54. The minimum atomic E-state index is -4.76. The smallest absolute Gasteiger partial charge is 0.416 e. The third kappa shape index (κ3) is 5.60. The van der Waals surface area contributed by atoms with Crippen LogP contribution in [0.15, 0.2) is 57.9 Å². The van der Waals surface area contributed by atoms with Gasteiger partial charge in [-0.3, -0.25) is 24.6 Å². The van der Waals surface area contributed by atoms with Gasteiger partial charge >= 0.3 is 11.9 Å². The molecule has 9 nitrogen and oxygen atoms in total. The molecule has 0 saturated carbocycles. The van der Waals surface area contributed by atoms with E-state index in [0.717, 1.165) is 22.7 Å². The van der Waals surface area contributed by atoms with Crippen LogP contribution in [0.4, 0.5) is 23.7 Å². The number of rotatable bonds is 6. The lowest BCUT2D eigenvalue weighted by molar-refractivity contribution is -0.385. The number of nitrogens with zero attached hydrogens (tertiary/aromatic N) is 2. The lowest BCUT2D eigenvalue weighted by Gasteiger charge is -2.14. The summed E-state index contributed by atoms with van der Waals surface area (Å²) in [7, 11) is 0. The number of imide groups is 1.